The normalized spacial score (nSPS) is 19.2. The number of carbonyl (C=O) groups is 2. The van der Waals surface area contributed by atoms with E-state index in [1.165, 1.54) is 0 Å². The van der Waals surface area contributed by atoms with Gasteiger partial charge in [-0.05, 0) is 0 Å². The maximum atomic E-state index is 11.3. The van der Waals surface area contributed by atoms with Crippen LogP contribution in [-0.2, 0) is 22.5 Å². The molecule has 2 N–H and O–H groups in total. The van der Waals surface area contributed by atoms with Gasteiger partial charge in [0.15, 0.2) is 0 Å². The minimum Gasteiger partial charge on any atom is -0.383 e. The first kappa shape index (κ1) is 11.5. The minimum atomic E-state index is -0.560. The number of hydrogen-bond acceptors (Lipinski definition) is 5. The molecule has 1 aromatic rings. The lowest BCUT2D eigenvalue weighted by Gasteiger charge is -2.02. The average molecular weight is 239 g/mol. The Bertz CT molecular complexity index is 430. The molecule has 1 aromatic heterocycles. The number of urea groups is 1. The lowest BCUT2D eigenvalue weighted by Crippen LogP contribution is -2.31. The zero-order valence-corrected chi connectivity index (χ0v) is 9.34. The molecule has 8 nitrogen and oxygen atoms in total. The third-order valence-corrected chi connectivity index (χ3v) is 2.38. The van der Waals surface area contributed by atoms with Crippen LogP contribution < -0.4 is 10.6 Å². The summed E-state index contributed by atoms with van der Waals surface area (Å²) >= 11 is 0. The third kappa shape index (κ3) is 2.78. The summed E-state index contributed by atoms with van der Waals surface area (Å²) in [5, 5.41) is 12.5. The Morgan fingerprint density at radius 2 is 2.35 bits per heavy atom. The summed E-state index contributed by atoms with van der Waals surface area (Å²) in [6, 6.07) is -1.03. The number of amides is 3. The van der Waals surface area contributed by atoms with E-state index in [9.17, 15) is 9.59 Å². The van der Waals surface area contributed by atoms with E-state index in [2.05, 4.69) is 20.9 Å². The summed E-state index contributed by atoms with van der Waals surface area (Å²) in [5.74, 6) is -0.332. The highest BCUT2D eigenvalue weighted by atomic mass is 16.5. The quantitative estimate of drug-likeness (QED) is 0.621. The van der Waals surface area contributed by atoms with Gasteiger partial charge in [-0.2, -0.15) is 0 Å². The fraction of sp³-hybridized carbons (Fsp3) is 0.556. The van der Waals surface area contributed by atoms with E-state index in [4.69, 9.17) is 4.74 Å². The van der Waals surface area contributed by atoms with Crippen molar-refractivity contribution in [1.29, 1.82) is 0 Å². The SMILES string of the molecule is COCCn1cc(CC2NC(=O)NC2=O)nn1. The summed E-state index contributed by atoms with van der Waals surface area (Å²) in [6.45, 7) is 1.15. The Morgan fingerprint density at radius 3 is 3.00 bits per heavy atom. The first-order valence-electron chi connectivity index (χ1n) is 5.18. The van der Waals surface area contributed by atoms with Crippen LogP contribution in [0.2, 0.25) is 0 Å². The van der Waals surface area contributed by atoms with Gasteiger partial charge in [0, 0.05) is 19.7 Å². The van der Waals surface area contributed by atoms with Gasteiger partial charge < -0.3 is 10.1 Å². The number of nitrogens with one attached hydrogen (secondary N) is 2. The Balaban J connectivity index is 1.92. The second-order valence-electron chi connectivity index (χ2n) is 3.69. The molecule has 0 saturated carbocycles. The first-order valence-corrected chi connectivity index (χ1v) is 5.18. The van der Waals surface area contributed by atoms with Crippen molar-refractivity contribution in [3.63, 3.8) is 0 Å². The van der Waals surface area contributed by atoms with Crippen LogP contribution in [0.15, 0.2) is 6.20 Å². The van der Waals surface area contributed by atoms with Crippen molar-refractivity contribution in [1.82, 2.24) is 25.6 Å². The maximum Gasteiger partial charge on any atom is 0.322 e. The number of methoxy groups -OCH3 is 1. The van der Waals surface area contributed by atoms with E-state index in [1.54, 1.807) is 18.0 Å². The van der Waals surface area contributed by atoms with Crippen molar-refractivity contribution in [3.05, 3.63) is 11.9 Å². The van der Waals surface area contributed by atoms with Crippen molar-refractivity contribution in [2.75, 3.05) is 13.7 Å². The van der Waals surface area contributed by atoms with E-state index in [0.29, 0.717) is 25.3 Å². The van der Waals surface area contributed by atoms with Gasteiger partial charge in [-0.1, -0.05) is 5.21 Å². The molecular weight excluding hydrogens is 226 g/mol. The van der Waals surface area contributed by atoms with Crippen LogP contribution in [0.1, 0.15) is 5.69 Å². The lowest BCUT2D eigenvalue weighted by molar-refractivity contribution is -0.120. The van der Waals surface area contributed by atoms with Crippen LogP contribution in [0.3, 0.4) is 0 Å². The monoisotopic (exact) mass is 239 g/mol. The molecule has 1 saturated heterocycles. The molecular formula is C9H13N5O3. The Kier molecular flexibility index (Phi) is 3.33. The number of imide groups is 1. The van der Waals surface area contributed by atoms with Crippen LogP contribution in [-0.4, -0.2) is 46.7 Å². The number of hydrogen-bond donors (Lipinski definition) is 2. The smallest absolute Gasteiger partial charge is 0.322 e. The highest BCUT2D eigenvalue weighted by molar-refractivity contribution is 6.04. The molecule has 0 spiro atoms. The Labute approximate surface area is 97.3 Å². The Morgan fingerprint density at radius 1 is 1.53 bits per heavy atom. The first-order chi connectivity index (χ1) is 8.19. The van der Waals surface area contributed by atoms with E-state index in [-0.39, 0.29) is 5.91 Å². The second kappa shape index (κ2) is 4.91. The lowest BCUT2D eigenvalue weighted by atomic mass is 10.2. The van der Waals surface area contributed by atoms with Gasteiger partial charge in [-0.3, -0.25) is 10.1 Å². The van der Waals surface area contributed by atoms with Gasteiger partial charge in [-0.15, -0.1) is 5.10 Å². The van der Waals surface area contributed by atoms with Gasteiger partial charge in [0.1, 0.15) is 6.04 Å². The maximum absolute atomic E-state index is 11.3. The van der Waals surface area contributed by atoms with Crippen LogP contribution in [0, 0.1) is 0 Å². The average Bonchev–Trinajstić information content (AvgIpc) is 2.84. The van der Waals surface area contributed by atoms with Crippen LogP contribution in [0.25, 0.3) is 0 Å². The fourth-order valence-electron chi connectivity index (χ4n) is 1.54. The third-order valence-electron chi connectivity index (χ3n) is 2.38. The molecule has 1 aliphatic rings. The molecule has 2 rings (SSSR count). The van der Waals surface area contributed by atoms with Crippen molar-refractivity contribution in [2.45, 2.75) is 19.0 Å². The summed E-state index contributed by atoms with van der Waals surface area (Å²) in [7, 11) is 1.61. The summed E-state index contributed by atoms with van der Waals surface area (Å²) in [6.07, 6.45) is 2.07. The standard InChI is InChI=1S/C9H13N5O3/c1-17-3-2-14-5-6(12-13-14)4-7-8(15)11-9(16)10-7/h5,7H,2-4H2,1H3,(H2,10,11,15,16). The molecule has 1 aliphatic heterocycles. The number of ether oxygens (including phenoxy) is 1. The van der Waals surface area contributed by atoms with Gasteiger partial charge in [0.05, 0.1) is 18.8 Å². The summed E-state index contributed by atoms with van der Waals surface area (Å²) < 4.78 is 6.54. The number of aromatic nitrogens is 3. The van der Waals surface area contributed by atoms with E-state index in [1.807, 2.05) is 0 Å². The Hall–Kier alpha value is -1.96. The zero-order valence-electron chi connectivity index (χ0n) is 9.34. The predicted octanol–water partition coefficient (Wildman–Crippen LogP) is -1.32. The van der Waals surface area contributed by atoms with E-state index >= 15 is 0 Å². The number of nitrogens with zero attached hydrogens (tertiary/aromatic N) is 3. The second-order valence-corrected chi connectivity index (χ2v) is 3.69. The zero-order chi connectivity index (χ0) is 12.3. The minimum absolute atomic E-state index is 0.332. The van der Waals surface area contributed by atoms with Gasteiger partial charge in [0.25, 0.3) is 5.91 Å². The van der Waals surface area contributed by atoms with Crippen molar-refractivity contribution in [3.8, 4) is 0 Å². The highest BCUT2D eigenvalue weighted by Gasteiger charge is 2.30. The molecule has 0 aliphatic carbocycles. The fourth-order valence-corrected chi connectivity index (χ4v) is 1.54. The van der Waals surface area contributed by atoms with Crippen molar-refractivity contribution >= 4 is 11.9 Å². The van der Waals surface area contributed by atoms with E-state index < -0.39 is 12.1 Å². The van der Waals surface area contributed by atoms with Gasteiger partial charge in [-0.25, -0.2) is 9.48 Å². The molecule has 92 valence electrons. The number of rotatable bonds is 5. The highest BCUT2D eigenvalue weighted by Crippen LogP contribution is 2.03. The van der Waals surface area contributed by atoms with E-state index in [0.717, 1.165) is 0 Å². The van der Waals surface area contributed by atoms with Crippen molar-refractivity contribution < 1.29 is 14.3 Å². The summed E-state index contributed by atoms with van der Waals surface area (Å²) in [4.78, 5) is 22.2. The predicted molar refractivity (Wildman–Crippen MR) is 56.1 cm³/mol. The molecule has 1 fully saturated rings. The molecule has 3 amide bonds. The molecule has 0 aromatic carbocycles. The molecule has 0 bridgehead atoms. The molecule has 1 atom stereocenters. The molecule has 8 heteroatoms. The van der Waals surface area contributed by atoms with Crippen molar-refractivity contribution in [2.24, 2.45) is 0 Å². The van der Waals surface area contributed by atoms with Crippen LogP contribution in [0.5, 0.6) is 0 Å². The molecule has 2 heterocycles. The molecule has 1 unspecified atom stereocenters. The van der Waals surface area contributed by atoms with Crippen LogP contribution >= 0.6 is 0 Å². The van der Waals surface area contributed by atoms with Gasteiger partial charge in [0.2, 0.25) is 0 Å². The number of carbonyl (C=O) groups excluding carboxylic acids is 2. The topological polar surface area (TPSA) is 98.1 Å². The van der Waals surface area contributed by atoms with Crippen LogP contribution in [0.4, 0.5) is 4.79 Å². The molecule has 17 heavy (non-hydrogen) atoms. The summed E-state index contributed by atoms with van der Waals surface area (Å²) in [5.41, 5.74) is 0.656. The largest absolute Gasteiger partial charge is 0.383 e. The molecule has 0 radical (unpaired) electrons. The van der Waals surface area contributed by atoms with Gasteiger partial charge >= 0.3 is 6.03 Å².